The van der Waals surface area contributed by atoms with Gasteiger partial charge in [0.2, 0.25) is 0 Å². The zero-order chi connectivity index (χ0) is 13.8. The van der Waals surface area contributed by atoms with Crippen LogP contribution in [-0.4, -0.2) is 34.1 Å². The fourth-order valence-corrected chi connectivity index (χ4v) is 1.72. The molecule has 0 bridgehead atoms. The van der Waals surface area contributed by atoms with Gasteiger partial charge < -0.3 is 10.4 Å². The minimum Gasteiger partial charge on any atom is -0.388 e. The molecule has 1 rings (SSSR count). The van der Waals surface area contributed by atoms with Gasteiger partial charge in [0.25, 0.3) is 0 Å². The predicted molar refractivity (Wildman–Crippen MR) is 69.4 cm³/mol. The largest absolute Gasteiger partial charge is 0.388 e. The Balaban J connectivity index is 2.45. The molecule has 0 aromatic carbocycles. The van der Waals surface area contributed by atoms with Crippen LogP contribution in [0.4, 0.5) is 5.13 Å². The van der Waals surface area contributed by atoms with E-state index in [2.05, 4.69) is 15.6 Å². The molecule has 0 fully saturated rings. The number of nitrogens with zero attached hydrogens (tertiary/aromatic N) is 1. The molecule has 0 saturated carbocycles. The number of aliphatic hydroxyl groups is 1. The Morgan fingerprint density at radius 2 is 2.17 bits per heavy atom. The van der Waals surface area contributed by atoms with Crippen molar-refractivity contribution >= 4 is 28.3 Å². The lowest BCUT2D eigenvalue weighted by molar-refractivity contribution is -0.136. The van der Waals surface area contributed by atoms with Crippen LogP contribution in [0.5, 0.6) is 0 Å². The third-order valence-corrected chi connectivity index (χ3v) is 3.31. The lowest BCUT2D eigenvalue weighted by atomic mass is 10.0. The summed E-state index contributed by atoms with van der Waals surface area (Å²) in [6, 6.07) is 0. The first-order chi connectivity index (χ1) is 8.34. The highest BCUT2D eigenvalue weighted by Crippen LogP contribution is 2.14. The first-order valence-corrected chi connectivity index (χ1v) is 6.45. The molecule has 0 aliphatic heterocycles. The average Bonchev–Trinajstić information content (AvgIpc) is 2.71. The number of aromatic nitrogens is 1. The Bertz CT molecular complexity index is 442. The van der Waals surface area contributed by atoms with Gasteiger partial charge in [-0.15, -0.1) is 11.3 Å². The summed E-state index contributed by atoms with van der Waals surface area (Å²) >= 11 is 1.25. The van der Waals surface area contributed by atoms with Gasteiger partial charge in [-0.1, -0.05) is 6.92 Å². The number of thiazole rings is 1. The minimum absolute atomic E-state index is 0.0344. The maximum atomic E-state index is 11.5. The molecule has 1 aromatic heterocycles. The summed E-state index contributed by atoms with van der Waals surface area (Å²) in [6.45, 7) is 5.22. The van der Waals surface area contributed by atoms with E-state index in [-0.39, 0.29) is 6.54 Å². The number of carbonyl (C=O) groups excluding carboxylic acids is 2. The van der Waals surface area contributed by atoms with Crippen molar-refractivity contribution in [3.63, 3.8) is 0 Å². The molecule has 1 aromatic rings. The monoisotopic (exact) mass is 271 g/mol. The van der Waals surface area contributed by atoms with E-state index in [0.29, 0.717) is 11.6 Å². The van der Waals surface area contributed by atoms with Gasteiger partial charge in [0.1, 0.15) is 0 Å². The highest BCUT2D eigenvalue weighted by molar-refractivity contribution is 7.14. The molecule has 2 amide bonds. The summed E-state index contributed by atoms with van der Waals surface area (Å²) in [6.07, 6.45) is 0.487. The molecule has 6 nitrogen and oxygen atoms in total. The number of carbonyl (C=O) groups is 2. The Kier molecular flexibility index (Phi) is 4.80. The second-order valence-corrected chi connectivity index (χ2v) is 5.14. The topological polar surface area (TPSA) is 91.3 Å². The predicted octanol–water partition coefficient (Wildman–Crippen LogP) is 0.667. The van der Waals surface area contributed by atoms with Gasteiger partial charge in [0, 0.05) is 11.9 Å². The number of hydrogen-bond donors (Lipinski definition) is 3. The number of anilines is 1. The van der Waals surface area contributed by atoms with Crippen molar-refractivity contribution in [3.05, 3.63) is 11.1 Å². The molecule has 18 heavy (non-hydrogen) atoms. The maximum absolute atomic E-state index is 11.5. The minimum atomic E-state index is -1.01. The fraction of sp³-hybridized carbons (Fsp3) is 0.545. The van der Waals surface area contributed by atoms with Crippen LogP contribution in [0.3, 0.4) is 0 Å². The summed E-state index contributed by atoms with van der Waals surface area (Å²) in [5, 5.41) is 16.6. The first kappa shape index (κ1) is 14.6. The normalized spacial score (nSPS) is 13.8. The Morgan fingerprint density at radius 3 is 2.67 bits per heavy atom. The van der Waals surface area contributed by atoms with E-state index in [1.54, 1.807) is 26.2 Å². The Hall–Kier alpha value is -1.47. The van der Waals surface area contributed by atoms with Gasteiger partial charge in [-0.25, -0.2) is 4.98 Å². The van der Waals surface area contributed by atoms with Crippen LogP contribution in [0, 0.1) is 6.92 Å². The van der Waals surface area contributed by atoms with Gasteiger partial charge in [-0.05, 0) is 20.3 Å². The Labute approximate surface area is 109 Å². The van der Waals surface area contributed by atoms with Crippen LogP contribution < -0.4 is 10.6 Å². The van der Waals surface area contributed by atoms with E-state index in [4.69, 9.17) is 0 Å². The molecular formula is C11H17N3O3S. The van der Waals surface area contributed by atoms with Crippen molar-refractivity contribution in [1.82, 2.24) is 10.3 Å². The van der Waals surface area contributed by atoms with Crippen molar-refractivity contribution in [1.29, 1.82) is 0 Å². The third-order valence-electron chi connectivity index (χ3n) is 2.44. The number of aryl methyl sites for hydroxylation is 1. The lowest BCUT2D eigenvalue weighted by Gasteiger charge is -2.21. The molecular weight excluding hydrogens is 254 g/mol. The molecule has 0 saturated heterocycles. The molecule has 3 N–H and O–H groups in total. The Morgan fingerprint density at radius 1 is 1.50 bits per heavy atom. The van der Waals surface area contributed by atoms with Crippen molar-refractivity contribution in [2.45, 2.75) is 32.8 Å². The summed E-state index contributed by atoms with van der Waals surface area (Å²) in [5.41, 5.74) is -0.224. The van der Waals surface area contributed by atoms with E-state index < -0.39 is 17.4 Å². The molecule has 0 spiro atoms. The summed E-state index contributed by atoms with van der Waals surface area (Å²) in [5.74, 6) is -1.56. The maximum Gasteiger partial charge on any atom is 0.315 e. The van der Waals surface area contributed by atoms with Gasteiger partial charge in [0.15, 0.2) is 5.13 Å². The van der Waals surface area contributed by atoms with Crippen LogP contribution in [0.2, 0.25) is 0 Å². The molecule has 1 heterocycles. The summed E-state index contributed by atoms with van der Waals surface area (Å²) in [4.78, 5) is 27.0. The summed E-state index contributed by atoms with van der Waals surface area (Å²) < 4.78 is 0. The quantitative estimate of drug-likeness (QED) is 0.702. The number of hydrogen-bond acceptors (Lipinski definition) is 5. The van der Waals surface area contributed by atoms with Gasteiger partial charge in [-0.3, -0.25) is 14.9 Å². The molecule has 1 unspecified atom stereocenters. The van der Waals surface area contributed by atoms with Crippen LogP contribution in [-0.2, 0) is 9.59 Å². The molecule has 1 atom stereocenters. The fourth-order valence-electron chi connectivity index (χ4n) is 1.04. The van der Waals surface area contributed by atoms with Crippen molar-refractivity contribution in [3.8, 4) is 0 Å². The molecule has 0 aliphatic rings. The van der Waals surface area contributed by atoms with E-state index in [0.717, 1.165) is 5.69 Å². The average molecular weight is 271 g/mol. The SMILES string of the molecule is CCC(C)(O)CNC(=O)C(=O)Nc1nc(C)cs1. The second-order valence-electron chi connectivity index (χ2n) is 4.28. The standard InChI is InChI=1S/C11H17N3O3S/c1-4-11(3,17)6-12-8(15)9(16)14-10-13-7(2)5-18-10/h5,17H,4,6H2,1-3H3,(H,12,15)(H,13,14,16). The molecule has 7 heteroatoms. The van der Waals surface area contributed by atoms with Gasteiger partial charge in [-0.2, -0.15) is 0 Å². The van der Waals surface area contributed by atoms with Gasteiger partial charge >= 0.3 is 11.8 Å². The van der Waals surface area contributed by atoms with E-state index in [1.165, 1.54) is 11.3 Å². The smallest absolute Gasteiger partial charge is 0.315 e. The third kappa shape index (κ3) is 4.42. The van der Waals surface area contributed by atoms with E-state index >= 15 is 0 Å². The lowest BCUT2D eigenvalue weighted by Crippen LogP contribution is -2.44. The summed E-state index contributed by atoms with van der Waals surface area (Å²) in [7, 11) is 0. The second kappa shape index (κ2) is 5.92. The highest BCUT2D eigenvalue weighted by Gasteiger charge is 2.21. The number of rotatable bonds is 4. The first-order valence-electron chi connectivity index (χ1n) is 5.58. The molecule has 0 aliphatic carbocycles. The highest BCUT2D eigenvalue weighted by atomic mass is 32.1. The van der Waals surface area contributed by atoms with Crippen molar-refractivity contribution in [2.75, 3.05) is 11.9 Å². The van der Waals surface area contributed by atoms with Crippen LogP contribution in [0.25, 0.3) is 0 Å². The van der Waals surface area contributed by atoms with E-state index in [9.17, 15) is 14.7 Å². The number of amides is 2. The zero-order valence-corrected chi connectivity index (χ0v) is 11.4. The molecule has 100 valence electrons. The van der Waals surface area contributed by atoms with Crippen LogP contribution >= 0.6 is 11.3 Å². The van der Waals surface area contributed by atoms with Crippen LogP contribution in [0.15, 0.2) is 5.38 Å². The van der Waals surface area contributed by atoms with Crippen LogP contribution in [0.1, 0.15) is 26.0 Å². The van der Waals surface area contributed by atoms with Crippen molar-refractivity contribution < 1.29 is 14.7 Å². The zero-order valence-electron chi connectivity index (χ0n) is 10.6. The van der Waals surface area contributed by atoms with Crippen molar-refractivity contribution in [2.24, 2.45) is 0 Å². The number of nitrogens with one attached hydrogen (secondary N) is 2. The molecule has 0 radical (unpaired) electrons. The van der Waals surface area contributed by atoms with E-state index in [1.807, 2.05) is 0 Å². The van der Waals surface area contributed by atoms with Gasteiger partial charge in [0.05, 0.1) is 11.3 Å².